The summed E-state index contributed by atoms with van der Waals surface area (Å²) in [6, 6.07) is 12.4. The first-order valence-electron chi connectivity index (χ1n) is 7.92. The summed E-state index contributed by atoms with van der Waals surface area (Å²) in [5.74, 6) is 0.620. The number of halogens is 2. The van der Waals surface area contributed by atoms with Gasteiger partial charge in [0.25, 0.3) is 10.7 Å². The van der Waals surface area contributed by atoms with Crippen LogP contribution in [0.5, 0.6) is 5.75 Å². The van der Waals surface area contributed by atoms with Gasteiger partial charge in [-0.3, -0.25) is 4.79 Å². The minimum atomic E-state index is -0.352. The van der Waals surface area contributed by atoms with E-state index in [1.807, 2.05) is 31.2 Å². The highest BCUT2D eigenvalue weighted by atomic mass is 35.5. The van der Waals surface area contributed by atoms with Crippen molar-refractivity contribution >= 4 is 47.0 Å². The molecule has 9 heteroatoms. The van der Waals surface area contributed by atoms with Crippen molar-refractivity contribution in [3.8, 4) is 5.75 Å². The number of ether oxygens (including phenoxy) is 1. The molecule has 1 aromatic heterocycles. The molecule has 1 heterocycles. The van der Waals surface area contributed by atoms with Gasteiger partial charge in [0.1, 0.15) is 12.3 Å². The second kappa shape index (κ2) is 8.56. The topological polar surface area (TPSA) is 69.3 Å². The molecule has 1 amide bonds. The molecule has 140 valence electrons. The maximum absolute atomic E-state index is 12.2. The molecule has 0 radical (unpaired) electrons. The van der Waals surface area contributed by atoms with Crippen molar-refractivity contribution in [1.29, 1.82) is 0 Å². The van der Waals surface area contributed by atoms with Gasteiger partial charge in [0.2, 0.25) is 5.91 Å². The van der Waals surface area contributed by atoms with E-state index in [2.05, 4.69) is 10.4 Å². The number of aryl methyl sites for hydroxylation is 1. The van der Waals surface area contributed by atoms with Crippen molar-refractivity contribution in [2.45, 2.75) is 20.1 Å². The van der Waals surface area contributed by atoms with Crippen molar-refractivity contribution in [2.75, 3.05) is 5.32 Å². The maximum Gasteiger partial charge on any atom is 0.287 e. The van der Waals surface area contributed by atoms with E-state index in [4.69, 9.17) is 44.6 Å². The predicted molar refractivity (Wildman–Crippen MR) is 106 cm³/mol. The molecule has 3 rings (SSSR count). The molecule has 27 heavy (non-hydrogen) atoms. The van der Waals surface area contributed by atoms with E-state index in [0.29, 0.717) is 21.5 Å². The summed E-state index contributed by atoms with van der Waals surface area (Å²) in [4.78, 5) is 12.3. The fraction of sp³-hybridized carbons (Fsp3) is 0.167. The van der Waals surface area contributed by atoms with Crippen LogP contribution in [0.15, 0.2) is 46.9 Å². The van der Waals surface area contributed by atoms with E-state index in [0.717, 1.165) is 5.56 Å². The van der Waals surface area contributed by atoms with Crippen molar-refractivity contribution in [1.82, 2.24) is 9.78 Å². The Morgan fingerprint density at radius 1 is 1.30 bits per heavy atom. The Kier molecular flexibility index (Phi) is 6.15. The number of anilines is 1. The monoisotopic (exact) mass is 423 g/mol. The van der Waals surface area contributed by atoms with Crippen LogP contribution in [0.2, 0.25) is 10.0 Å². The summed E-state index contributed by atoms with van der Waals surface area (Å²) < 4.78 is 12.3. The lowest BCUT2D eigenvalue weighted by atomic mass is 10.2. The van der Waals surface area contributed by atoms with Crippen LogP contribution >= 0.6 is 35.4 Å². The van der Waals surface area contributed by atoms with E-state index >= 15 is 0 Å². The average Bonchev–Trinajstić information content (AvgIpc) is 2.95. The van der Waals surface area contributed by atoms with Crippen LogP contribution in [0.3, 0.4) is 0 Å². The summed E-state index contributed by atoms with van der Waals surface area (Å²) in [5.41, 5.74) is 1.53. The molecule has 0 atom stereocenters. The highest BCUT2D eigenvalue weighted by Gasteiger charge is 2.12. The van der Waals surface area contributed by atoms with Gasteiger partial charge in [-0.15, -0.1) is 5.10 Å². The Bertz CT molecular complexity index is 1030. The van der Waals surface area contributed by atoms with Gasteiger partial charge in [0, 0.05) is 5.02 Å². The van der Waals surface area contributed by atoms with Crippen LogP contribution in [-0.2, 0) is 17.9 Å². The van der Waals surface area contributed by atoms with Gasteiger partial charge in [-0.25, -0.2) is 4.68 Å². The maximum atomic E-state index is 12.2. The Balaban J connectivity index is 1.62. The van der Waals surface area contributed by atoms with E-state index in [1.54, 1.807) is 18.2 Å². The summed E-state index contributed by atoms with van der Waals surface area (Å²) in [5, 5.41) is 7.67. The van der Waals surface area contributed by atoms with Gasteiger partial charge in [-0.05, 0) is 55.0 Å². The first kappa shape index (κ1) is 19.4. The second-order valence-corrected chi connectivity index (χ2v) is 6.89. The molecule has 0 bridgehead atoms. The molecule has 0 aliphatic heterocycles. The van der Waals surface area contributed by atoms with Crippen LogP contribution < -0.4 is 10.1 Å². The fourth-order valence-corrected chi connectivity index (χ4v) is 2.93. The number of carbonyl (C=O) groups is 1. The number of amides is 1. The molecular weight excluding hydrogens is 409 g/mol. The number of benzene rings is 2. The van der Waals surface area contributed by atoms with Crippen molar-refractivity contribution in [3.63, 3.8) is 0 Å². The molecule has 0 saturated carbocycles. The quantitative estimate of drug-likeness (QED) is 0.562. The number of carbonyl (C=O) groups excluding carboxylic acids is 1. The molecule has 0 unspecified atom stereocenters. The third-order valence-corrected chi connectivity index (χ3v) is 4.34. The largest absolute Gasteiger partial charge is 0.484 e. The summed E-state index contributed by atoms with van der Waals surface area (Å²) in [6.07, 6.45) is 0. The summed E-state index contributed by atoms with van der Waals surface area (Å²) in [7, 11) is 0. The summed E-state index contributed by atoms with van der Waals surface area (Å²) >= 11 is 17.0. The molecule has 6 nitrogen and oxygen atoms in total. The Morgan fingerprint density at radius 3 is 2.85 bits per heavy atom. The van der Waals surface area contributed by atoms with Gasteiger partial charge in [-0.1, -0.05) is 35.3 Å². The first-order valence-corrected chi connectivity index (χ1v) is 9.08. The van der Waals surface area contributed by atoms with E-state index in [-0.39, 0.29) is 29.8 Å². The number of hydrogen-bond donors (Lipinski definition) is 1. The van der Waals surface area contributed by atoms with Crippen LogP contribution in [0.25, 0.3) is 0 Å². The number of hydrogen-bond acceptors (Lipinski definition) is 5. The number of aromatic nitrogens is 2. The van der Waals surface area contributed by atoms with Crippen molar-refractivity contribution < 1.29 is 13.9 Å². The van der Waals surface area contributed by atoms with Crippen LogP contribution in [-0.4, -0.2) is 15.7 Å². The third-order valence-electron chi connectivity index (χ3n) is 3.50. The van der Waals surface area contributed by atoms with Gasteiger partial charge < -0.3 is 14.5 Å². The lowest BCUT2D eigenvalue weighted by Gasteiger charge is -2.07. The number of nitrogens with zero attached hydrogens (tertiary/aromatic N) is 2. The Hall–Kier alpha value is -2.35. The standard InChI is InChI=1S/C18H15Cl2N3O3S/c1-11-3-2-4-13(7-11)25-10-17-22-23(18(27)26-17)9-16(24)21-15-6-5-12(19)8-14(15)20/h2-8H,9-10H2,1H3,(H,21,24). The molecule has 0 spiro atoms. The lowest BCUT2D eigenvalue weighted by molar-refractivity contribution is -0.117. The molecule has 0 aliphatic carbocycles. The van der Waals surface area contributed by atoms with Gasteiger partial charge in [0.05, 0.1) is 10.7 Å². The predicted octanol–water partition coefficient (Wildman–Crippen LogP) is 5.04. The normalized spacial score (nSPS) is 10.6. The van der Waals surface area contributed by atoms with E-state index in [1.165, 1.54) is 4.68 Å². The molecule has 0 fully saturated rings. The van der Waals surface area contributed by atoms with Crippen LogP contribution in [0.1, 0.15) is 11.5 Å². The Labute approximate surface area is 170 Å². The van der Waals surface area contributed by atoms with E-state index < -0.39 is 0 Å². The molecular formula is C18H15Cl2N3O3S. The zero-order chi connectivity index (χ0) is 19.4. The Morgan fingerprint density at radius 2 is 2.11 bits per heavy atom. The molecule has 1 N–H and O–H groups in total. The third kappa shape index (κ3) is 5.32. The SMILES string of the molecule is Cc1cccc(OCc2nn(CC(=O)Nc3ccc(Cl)cc3Cl)c(=S)o2)c1. The smallest absolute Gasteiger partial charge is 0.287 e. The molecule has 0 aliphatic rings. The van der Waals surface area contributed by atoms with Gasteiger partial charge in [0.15, 0.2) is 6.61 Å². The number of nitrogens with one attached hydrogen (secondary N) is 1. The van der Waals surface area contributed by atoms with Crippen molar-refractivity contribution in [2.24, 2.45) is 0 Å². The van der Waals surface area contributed by atoms with Gasteiger partial charge in [-0.2, -0.15) is 0 Å². The number of rotatable bonds is 6. The highest BCUT2D eigenvalue weighted by molar-refractivity contribution is 7.71. The summed E-state index contributed by atoms with van der Waals surface area (Å²) in [6.45, 7) is 1.95. The highest BCUT2D eigenvalue weighted by Crippen LogP contribution is 2.25. The zero-order valence-electron chi connectivity index (χ0n) is 14.2. The average molecular weight is 424 g/mol. The molecule has 2 aromatic carbocycles. The minimum absolute atomic E-state index is 0.0789. The fourth-order valence-electron chi connectivity index (χ4n) is 2.27. The van der Waals surface area contributed by atoms with E-state index in [9.17, 15) is 4.79 Å². The zero-order valence-corrected chi connectivity index (χ0v) is 16.6. The van der Waals surface area contributed by atoms with Crippen LogP contribution in [0.4, 0.5) is 5.69 Å². The lowest BCUT2D eigenvalue weighted by Crippen LogP contribution is -2.20. The molecule has 0 saturated heterocycles. The van der Waals surface area contributed by atoms with Crippen molar-refractivity contribution in [3.05, 3.63) is 68.8 Å². The molecule has 3 aromatic rings. The second-order valence-electron chi connectivity index (χ2n) is 5.70. The minimum Gasteiger partial charge on any atom is -0.484 e. The van der Waals surface area contributed by atoms with Crippen LogP contribution in [0, 0.1) is 11.8 Å². The first-order chi connectivity index (χ1) is 12.9. The van der Waals surface area contributed by atoms with Gasteiger partial charge >= 0.3 is 0 Å².